The third-order valence-corrected chi connectivity index (χ3v) is 9.02. The first-order valence-electron chi connectivity index (χ1n) is 10.4. The maximum atomic E-state index is 6.54. The van der Waals surface area contributed by atoms with Crippen LogP contribution < -0.4 is 4.57 Å². The zero-order valence-electron chi connectivity index (χ0n) is 17.1. The molecule has 0 aliphatic heterocycles. The minimum Gasteiger partial charge on any atom is -0.455 e. The quantitative estimate of drug-likeness (QED) is 0.239. The Morgan fingerprint density at radius 2 is 1.42 bits per heavy atom. The normalized spacial score (nSPS) is 12.2. The highest BCUT2D eigenvalue weighted by molar-refractivity contribution is 7.32. The van der Waals surface area contributed by atoms with Crippen molar-refractivity contribution in [1.82, 2.24) is 0 Å². The lowest BCUT2D eigenvalue weighted by Crippen LogP contribution is -2.27. The summed E-state index contributed by atoms with van der Waals surface area (Å²) in [5.74, 6) is 0. The Morgan fingerprint density at radius 1 is 0.742 bits per heavy atom. The first-order valence-corrected chi connectivity index (χ1v) is 12.0. The molecule has 0 saturated carbocycles. The van der Waals surface area contributed by atoms with Crippen LogP contribution in [0.2, 0.25) is 0 Å². The molecule has 4 aromatic carbocycles. The largest absolute Gasteiger partial charge is 0.455 e. The summed E-state index contributed by atoms with van der Waals surface area (Å²) in [4.78, 5) is 1.32. The summed E-state index contributed by atoms with van der Waals surface area (Å²) >= 11 is 3.74. The van der Waals surface area contributed by atoms with E-state index in [4.69, 9.17) is 4.42 Å². The number of thiophene rings is 1. The Morgan fingerprint density at radius 3 is 2.26 bits per heavy atom. The van der Waals surface area contributed by atoms with E-state index in [9.17, 15) is 0 Å². The average Bonchev–Trinajstić information content (AvgIpc) is 3.45. The van der Waals surface area contributed by atoms with Crippen LogP contribution in [0.3, 0.4) is 0 Å². The second-order valence-corrected chi connectivity index (χ2v) is 10.1. The topological polar surface area (TPSA) is 17.0 Å². The molecule has 0 unspecified atom stereocenters. The molecule has 148 valence electrons. The van der Waals surface area contributed by atoms with E-state index in [0.717, 1.165) is 11.2 Å². The molecule has 4 heteroatoms. The molecule has 0 aliphatic carbocycles. The van der Waals surface area contributed by atoms with E-state index in [1.165, 1.54) is 57.3 Å². The molecule has 0 fully saturated rings. The zero-order chi connectivity index (χ0) is 20.7. The van der Waals surface area contributed by atoms with Crippen molar-refractivity contribution < 1.29 is 8.98 Å². The molecule has 0 radical (unpaired) electrons. The fourth-order valence-electron chi connectivity index (χ4n) is 4.88. The molecule has 0 atom stereocenters. The number of benzene rings is 4. The predicted molar refractivity (Wildman–Crippen MR) is 133 cm³/mol. The van der Waals surface area contributed by atoms with Crippen molar-refractivity contribution in [3.63, 3.8) is 0 Å². The van der Waals surface area contributed by atoms with Crippen LogP contribution in [0.5, 0.6) is 0 Å². The first-order chi connectivity index (χ1) is 15.2. The van der Waals surface area contributed by atoms with Crippen LogP contribution in [-0.4, -0.2) is 0 Å². The number of aromatic nitrogens is 1. The minimum absolute atomic E-state index is 0.945. The van der Waals surface area contributed by atoms with Gasteiger partial charge in [0.2, 0.25) is 0 Å². The van der Waals surface area contributed by atoms with Gasteiger partial charge in [0, 0.05) is 20.9 Å². The highest BCUT2D eigenvalue weighted by atomic mass is 32.1. The molecule has 3 aromatic heterocycles. The molecule has 0 aliphatic rings. The van der Waals surface area contributed by atoms with Gasteiger partial charge >= 0.3 is 0 Å². The number of rotatable bonds is 1. The molecular weight excluding hydrogens is 418 g/mol. The summed E-state index contributed by atoms with van der Waals surface area (Å²) in [7, 11) is 2.19. The second-order valence-electron chi connectivity index (χ2n) is 8.05. The van der Waals surface area contributed by atoms with Gasteiger partial charge in [0.25, 0.3) is 9.84 Å². The van der Waals surface area contributed by atoms with Crippen LogP contribution in [0.15, 0.2) is 77.2 Å². The van der Waals surface area contributed by atoms with Crippen molar-refractivity contribution >= 4 is 75.0 Å². The van der Waals surface area contributed by atoms with Crippen molar-refractivity contribution in [2.75, 3.05) is 0 Å². The lowest BCUT2D eigenvalue weighted by molar-refractivity contribution is -0.627. The van der Waals surface area contributed by atoms with Crippen molar-refractivity contribution in [3.8, 4) is 10.6 Å². The summed E-state index contributed by atoms with van der Waals surface area (Å²) in [5, 5.41) is 7.54. The van der Waals surface area contributed by atoms with Gasteiger partial charge in [-0.2, -0.15) is 4.57 Å². The van der Waals surface area contributed by atoms with Gasteiger partial charge in [-0.1, -0.05) is 83.3 Å². The third-order valence-electron chi connectivity index (χ3n) is 6.35. The number of hydrogen-bond donors (Lipinski definition) is 0. The van der Waals surface area contributed by atoms with E-state index < -0.39 is 0 Å². The van der Waals surface area contributed by atoms with E-state index in [1.807, 2.05) is 28.7 Å². The number of aryl methyl sites for hydroxylation is 2. The van der Waals surface area contributed by atoms with Gasteiger partial charge in [0.1, 0.15) is 22.9 Å². The molecule has 2 nitrogen and oxygen atoms in total. The number of fused-ring (bicyclic) bond motifs is 8. The van der Waals surface area contributed by atoms with Crippen LogP contribution in [0.25, 0.3) is 62.9 Å². The fraction of sp³-hybridized carbons (Fsp3) is 0.0741. The van der Waals surface area contributed by atoms with E-state index in [1.54, 1.807) is 0 Å². The van der Waals surface area contributed by atoms with Crippen LogP contribution >= 0.6 is 22.7 Å². The van der Waals surface area contributed by atoms with E-state index in [0.29, 0.717) is 0 Å². The molecule has 0 amide bonds. The van der Waals surface area contributed by atoms with Gasteiger partial charge < -0.3 is 4.42 Å². The number of nitrogens with zero attached hydrogens (tertiary/aromatic N) is 1. The summed E-state index contributed by atoms with van der Waals surface area (Å²) in [6.07, 6.45) is 0. The van der Waals surface area contributed by atoms with Gasteiger partial charge in [-0.05, 0) is 35.4 Å². The van der Waals surface area contributed by atoms with Gasteiger partial charge in [-0.25, -0.2) is 0 Å². The number of thiazole rings is 1. The summed E-state index contributed by atoms with van der Waals surface area (Å²) < 4.78 is 11.6. The number of hydrogen-bond acceptors (Lipinski definition) is 3. The van der Waals surface area contributed by atoms with E-state index in [2.05, 4.69) is 85.3 Å². The highest BCUT2D eigenvalue weighted by Crippen LogP contribution is 2.46. The summed E-state index contributed by atoms with van der Waals surface area (Å²) in [5.41, 5.74) is 4.42. The maximum absolute atomic E-state index is 6.54. The lowest BCUT2D eigenvalue weighted by Gasteiger charge is -2.08. The van der Waals surface area contributed by atoms with E-state index in [-0.39, 0.29) is 0 Å². The zero-order valence-corrected chi connectivity index (χ0v) is 18.7. The molecule has 0 N–H and O–H groups in total. The molecule has 3 heterocycles. The van der Waals surface area contributed by atoms with Gasteiger partial charge in [0.05, 0.1) is 0 Å². The van der Waals surface area contributed by atoms with Crippen molar-refractivity contribution in [1.29, 1.82) is 0 Å². The second kappa shape index (κ2) is 6.16. The molecule has 7 aromatic rings. The molecule has 0 spiro atoms. The third kappa shape index (κ3) is 2.24. The van der Waals surface area contributed by atoms with Crippen molar-refractivity contribution in [3.05, 3.63) is 78.4 Å². The molecule has 0 saturated heterocycles. The summed E-state index contributed by atoms with van der Waals surface area (Å²) in [6, 6.07) is 25.8. The molecule has 7 rings (SSSR count). The highest BCUT2D eigenvalue weighted by Gasteiger charge is 2.29. The smallest absolute Gasteiger partial charge is 0.281 e. The Bertz CT molecular complexity index is 1820. The van der Waals surface area contributed by atoms with Crippen molar-refractivity contribution in [2.24, 2.45) is 7.05 Å². The minimum atomic E-state index is 0.945. The number of para-hydroxylation sites is 1. The maximum Gasteiger partial charge on any atom is 0.281 e. The SMILES string of the molecule is Cc1c(-c2sc3c4ccccc4sc3[n+]2C)c2oc3ccccc3c2c2ccccc12. The summed E-state index contributed by atoms with van der Waals surface area (Å²) in [6.45, 7) is 2.23. The fourth-order valence-corrected chi connectivity index (χ4v) is 7.60. The lowest BCUT2D eigenvalue weighted by atomic mass is 9.95. The Labute approximate surface area is 186 Å². The monoisotopic (exact) mass is 436 g/mol. The van der Waals surface area contributed by atoms with Gasteiger partial charge in [0.15, 0.2) is 5.58 Å². The Balaban J connectivity index is 1.70. The molecule has 31 heavy (non-hydrogen) atoms. The molecular formula is C27H18NOS2+. The van der Waals surface area contributed by atoms with Gasteiger partial charge in [-0.3, -0.25) is 0 Å². The van der Waals surface area contributed by atoms with Crippen molar-refractivity contribution in [2.45, 2.75) is 6.92 Å². The van der Waals surface area contributed by atoms with E-state index >= 15 is 0 Å². The molecule has 0 bridgehead atoms. The Hall–Kier alpha value is -3.21. The average molecular weight is 437 g/mol. The predicted octanol–water partition coefficient (Wildman–Crippen LogP) is 7.97. The standard InChI is InChI=1S/C27H18NOS2/c1-15-16-9-3-4-10-17(16)23-18-11-5-7-13-20(18)29-24(23)22(15)26-28(2)27-25(31-26)19-12-6-8-14-21(19)30-27/h3-14H,1-2H3/q+1. The Kier molecular flexibility index (Phi) is 3.47. The van der Waals surface area contributed by atoms with Crippen LogP contribution in [0, 0.1) is 6.92 Å². The van der Waals surface area contributed by atoms with Crippen LogP contribution in [0.1, 0.15) is 5.56 Å². The number of furan rings is 1. The first kappa shape index (κ1) is 17.5. The van der Waals surface area contributed by atoms with Crippen LogP contribution in [0.4, 0.5) is 0 Å². The van der Waals surface area contributed by atoms with Gasteiger partial charge in [-0.15, -0.1) is 0 Å². The van der Waals surface area contributed by atoms with Crippen LogP contribution in [-0.2, 0) is 7.05 Å².